The van der Waals surface area contributed by atoms with Crippen LogP contribution in [0.4, 0.5) is 0 Å². The number of ether oxygens (including phenoxy) is 1. The lowest BCUT2D eigenvalue weighted by atomic mass is 10.0. The maximum Gasteiger partial charge on any atom is 0.333 e. The van der Waals surface area contributed by atoms with Gasteiger partial charge in [0.05, 0.1) is 7.11 Å². The molecule has 2 nitrogen and oxygen atoms in total. The maximum atomic E-state index is 10.9. The second-order valence-corrected chi connectivity index (χ2v) is 3.73. The van der Waals surface area contributed by atoms with Crippen molar-refractivity contribution in [1.82, 2.24) is 0 Å². The van der Waals surface area contributed by atoms with Crippen LogP contribution in [0.3, 0.4) is 0 Å². The first kappa shape index (κ1) is 12.2. The Kier molecular flexibility index (Phi) is 6.29. The van der Waals surface area contributed by atoms with E-state index in [-0.39, 0.29) is 5.97 Å². The first-order valence-corrected chi connectivity index (χ1v) is 4.84. The van der Waals surface area contributed by atoms with Crippen LogP contribution in [0, 0.1) is 5.92 Å². The molecule has 2 heteroatoms. The largest absolute Gasteiger partial charge is 0.466 e. The minimum absolute atomic E-state index is 0.274. The third-order valence-electron chi connectivity index (χ3n) is 1.98. The summed E-state index contributed by atoms with van der Waals surface area (Å²) in [4.78, 5) is 10.9. The van der Waals surface area contributed by atoms with Gasteiger partial charge >= 0.3 is 5.97 Å². The average molecular weight is 184 g/mol. The molecule has 0 aromatic heterocycles. The number of carbonyl (C=O) groups excluding carboxylic acids is 1. The van der Waals surface area contributed by atoms with Crippen molar-refractivity contribution in [2.24, 2.45) is 5.92 Å². The Hall–Kier alpha value is -0.790. The Labute approximate surface area is 81.0 Å². The zero-order valence-electron chi connectivity index (χ0n) is 8.93. The summed E-state index contributed by atoms with van der Waals surface area (Å²) in [6.07, 6.45) is 4.17. The van der Waals surface area contributed by atoms with E-state index >= 15 is 0 Å². The molecule has 0 N–H and O–H groups in total. The average Bonchev–Trinajstić information content (AvgIpc) is 2.10. The van der Waals surface area contributed by atoms with Crippen LogP contribution in [0.2, 0.25) is 0 Å². The highest BCUT2D eigenvalue weighted by Gasteiger charge is 2.05. The number of rotatable bonds is 6. The van der Waals surface area contributed by atoms with Gasteiger partial charge in [-0.3, -0.25) is 0 Å². The first-order valence-electron chi connectivity index (χ1n) is 4.84. The number of hydrogen-bond donors (Lipinski definition) is 0. The van der Waals surface area contributed by atoms with Gasteiger partial charge in [0, 0.05) is 5.57 Å². The van der Waals surface area contributed by atoms with E-state index in [1.807, 2.05) is 0 Å². The molecular weight excluding hydrogens is 164 g/mol. The Morgan fingerprint density at radius 3 is 2.46 bits per heavy atom. The van der Waals surface area contributed by atoms with Crippen LogP contribution >= 0.6 is 0 Å². The molecule has 0 aromatic rings. The van der Waals surface area contributed by atoms with E-state index in [4.69, 9.17) is 0 Å². The lowest BCUT2D eigenvalue weighted by molar-refractivity contribution is -0.136. The van der Waals surface area contributed by atoms with Gasteiger partial charge in [0.25, 0.3) is 0 Å². The minimum Gasteiger partial charge on any atom is -0.466 e. The van der Waals surface area contributed by atoms with Gasteiger partial charge in [-0.25, -0.2) is 4.79 Å². The Morgan fingerprint density at radius 2 is 2.00 bits per heavy atom. The van der Waals surface area contributed by atoms with Gasteiger partial charge in [-0.05, 0) is 18.8 Å². The van der Waals surface area contributed by atoms with Gasteiger partial charge in [0.15, 0.2) is 0 Å². The number of methoxy groups -OCH3 is 1. The van der Waals surface area contributed by atoms with Crippen molar-refractivity contribution >= 4 is 5.97 Å². The molecule has 0 amide bonds. The molecule has 0 rings (SSSR count). The summed E-state index contributed by atoms with van der Waals surface area (Å²) in [5.74, 6) is 0.468. The highest BCUT2D eigenvalue weighted by molar-refractivity contribution is 5.87. The van der Waals surface area contributed by atoms with Crippen molar-refractivity contribution in [3.63, 3.8) is 0 Å². The van der Waals surface area contributed by atoms with Crippen LogP contribution in [-0.2, 0) is 9.53 Å². The van der Waals surface area contributed by atoms with Gasteiger partial charge in [-0.15, -0.1) is 0 Å². The van der Waals surface area contributed by atoms with Gasteiger partial charge < -0.3 is 4.74 Å². The topological polar surface area (TPSA) is 26.3 Å². The summed E-state index contributed by atoms with van der Waals surface area (Å²) in [5.41, 5.74) is 0.589. The smallest absolute Gasteiger partial charge is 0.333 e. The molecule has 13 heavy (non-hydrogen) atoms. The maximum absolute atomic E-state index is 10.9. The van der Waals surface area contributed by atoms with Crippen LogP contribution < -0.4 is 0 Å². The highest BCUT2D eigenvalue weighted by atomic mass is 16.5. The van der Waals surface area contributed by atoms with Crippen LogP contribution in [-0.4, -0.2) is 13.1 Å². The number of unbranched alkanes of at least 4 members (excludes halogenated alkanes) is 1. The second-order valence-electron chi connectivity index (χ2n) is 3.73. The van der Waals surface area contributed by atoms with E-state index < -0.39 is 0 Å². The Morgan fingerprint density at radius 1 is 1.38 bits per heavy atom. The molecule has 0 fully saturated rings. The fraction of sp³-hybridized carbons (Fsp3) is 0.727. The fourth-order valence-corrected chi connectivity index (χ4v) is 1.14. The van der Waals surface area contributed by atoms with E-state index in [0.717, 1.165) is 25.2 Å². The van der Waals surface area contributed by atoms with Crippen molar-refractivity contribution < 1.29 is 9.53 Å². The van der Waals surface area contributed by atoms with Gasteiger partial charge in [-0.1, -0.05) is 33.3 Å². The minimum atomic E-state index is -0.274. The standard InChI is InChI=1S/C11H20O2/c1-9(2)7-5-6-8-10(3)11(12)13-4/h9H,3,5-8H2,1-2,4H3. The molecule has 0 aliphatic rings. The Bertz CT molecular complexity index is 171. The van der Waals surface area contributed by atoms with Crippen LogP contribution in [0.5, 0.6) is 0 Å². The Balaban J connectivity index is 3.43. The van der Waals surface area contributed by atoms with Crippen molar-refractivity contribution in [3.8, 4) is 0 Å². The molecular formula is C11H20O2. The quantitative estimate of drug-likeness (QED) is 0.360. The first-order chi connectivity index (χ1) is 6.07. The summed E-state index contributed by atoms with van der Waals surface area (Å²) < 4.78 is 4.55. The predicted octanol–water partition coefficient (Wildman–Crippen LogP) is 2.93. The van der Waals surface area contributed by atoms with Crippen molar-refractivity contribution in [3.05, 3.63) is 12.2 Å². The van der Waals surface area contributed by atoms with Crippen LogP contribution in [0.15, 0.2) is 12.2 Å². The summed E-state index contributed by atoms with van der Waals surface area (Å²) in [7, 11) is 1.39. The summed E-state index contributed by atoms with van der Waals surface area (Å²) in [5, 5.41) is 0. The second kappa shape index (κ2) is 6.70. The molecule has 0 spiro atoms. The molecule has 0 heterocycles. The van der Waals surface area contributed by atoms with Gasteiger partial charge in [0.2, 0.25) is 0 Å². The molecule has 0 aliphatic carbocycles. The SMILES string of the molecule is C=C(CCCCC(C)C)C(=O)OC. The molecule has 0 unspecified atom stereocenters. The van der Waals surface area contributed by atoms with E-state index in [1.54, 1.807) is 0 Å². The zero-order chi connectivity index (χ0) is 10.3. The fourth-order valence-electron chi connectivity index (χ4n) is 1.14. The van der Waals surface area contributed by atoms with Crippen molar-refractivity contribution in [1.29, 1.82) is 0 Å². The molecule has 0 aromatic carbocycles. The third-order valence-corrected chi connectivity index (χ3v) is 1.98. The zero-order valence-corrected chi connectivity index (χ0v) is 8.93. The van der Waals surface area contributed by atoms with Gasteiger partial charge in [0.1, 0.15) is 0 Å². The molecule has 0 saturated heterocycles. The molecule has 0 atom stereocenters. The van der Waals surface area contributed by atoms with Crippen LogP contribution in [0.25, 0.3) is 0 Å². The predicted molar refractivity (Wildman–Crippen MR) is 54.5 cm³/mol. The molecule has 76 valence electrons. The van der Waals surface area contributed by atoms with E-state index in [0.29, 0.717) is 5.57 Å². The lowest BCUT2D eigenvalue weighted by Gasteiger charge is -2.05. The molecule has 0 saturated carbocycles. The summed E-state index contributed by atoms with van der Waals surface area (Å²) >= 11 is 0. The molecule has 0 radical (unpaired) electrons. The number of hydrogen-bond acceptors (Lipinski definition) is 2. The highest BCUT2D eigenvalue weighted by Crippen LogP contribution is 2.12. The molecule has 0 bridgehead atoms. The van der Waals surface area contributed by atoms with E-state index in [9.17, 15) is 4.79 Å². The third kappa shape index (κ3) is 6.38. The van der Waals surface area contributed by atoms with Crippen molar-refractivity contribution in [2.45, 2.75) is 39.5 Å². The lowest BCUT2D eigenvalue weighted by Crippen LogP contribution is -2.03. The normalized spacial score (nSPS) is 10.2. The van der Waals surface area contributed by atoms with E-state index in [2.05, 4.69) is 25.2 Å². The monoisotopic (exact) mass is 184 g/mol. The summed E-state index contributed by atoms with van der Waals surface area (Å²) in [6, 6.07) is 0. The van der Waals surface area contributed by atoms with Crippen molar-refractivity contribution in [2.75, 3.05) is 7.11 Å². The number of carbonyl (C=O) groups is 1. The van der Waals surface area contributed by atoms with Crippen LogP contribution in [0.1, 0.15) is 39.5 Å². The van der Waals surface area contributed by atoms with E-state index in [1.165, 1.54) is 13.5 Å². The van der Waals surface area contributed by atoms with Gasteiger partial charge in [-0.2, -0.15) is 0 Å². The summed E-state index contributed by atoms with van der Waals surface area (Å²) in [6.45, 7) is 8.07. The molecule has 0 aliphatic heterocycles. The number of esters is 1.